The number of benzene rings is 1. The van der Waals surface area contributed by atoms with E-state index in [4.69, 9.17) is 0 Å². The van der Waals surface area contributed by atoms with E-state index in [9.17, 15) is 14.4 Å². The molecule has 0 heterocycles. The van der Waals surface area contributed by atoms with Crippen molar-refractivity contribution >= 4 is 17.5 Å². The van der Waals surface area contributed by atoms with Gasteiger partial charge in [0.05, 0.1) is 6.42 Å². The molecule has 0 unspecified atom stereocenters. The molecule has 5 rings (SSSR count). The number of aryl methyl sites for hydroxylation is 1. The highest BCUT2D eigenvalue weighted by atomic mass is 16.2. The van der Waals surface area contributed by atoms with Crippen LogP contribution in [0.25, 0.3) is 0 Å². The Morgan fingerprint density at radius 1 is 0.960 bits per heavy atom. The highest BCUT2D eigenvalue weighted by Crippen LogP contribution is 2.55. The van der Waals surface area contributed by atoms with Gasteiger partial charge in [-0.05, 0) is 63.2 Å². The van der Waals surface area contributed by atoms with Crippen molar-refractivity contribution < 1.29 is 14.4 Å². The van der Waals surface area contributed by atoms with Crippen LogP contribution in [0.1, 0.15) is 60.9 Å². The molecule has 0 radical (unpaired) electrons. The van der Waals surface area contributed by atoms with E-state index in [0.717, 1.165) is 24.8 Å². The van der Waals surface area contributed by atoms with E-state index in [-0.39, 0.29) is 17.7 Å². The minimum Gasteiger partial charge on any atom is -0.344 e. The number of Topliss-reactive ketones (excluding diaryl/α,β-unsaturated/α-hetero) is 2. The first kappa shape index (κ1) is 16.5. The first-order chi connectivity index (χ1) is 11.9. The molecule has 4 aliphatic carbocycles. The summed E-state index contributed by atoms with van der Waals surface area (Å²) in [4.78, 5) is 37.0. The van der Waals surface area contributed by atoms with Gasteiger partial charge in [-0.1, -0.05) is 29.8 Å². The van der Waals surface area contributed by atoms with Crippen molar-refractivity contribution in [1.29, 1.82) is 0 Å². The number of carbonyl (C=O) groups excluding carboxylic acids is 3. The average Bonchev–Trinajstić information content (AvgIpc) is 2.53. The number of hydrogen-bond acceptors (Lipinski definition) is 3. The number of nitrogens with one attached hydrogen (secondary N) is 1. The Morgan fingerprint density at radius 2 is 1.48 bits per heavy atom. The quantitative estimate of drug-likeness (QED) is 0.509. The second-order valence-corrected chi connectivity index (χ2v) is 8.54. The largest absolute Gasteiger partial charge is 0.344 e. The lowest BCUT2D eigenvalue weighted by Gasteiger charge is -2.56. The zero-order valence-electron chi connectivity index (χ0n) is 14.7. The van der Waals surface area contributed by atoms with E-state index < -0.39 is 11.7 Å². The second kappa shape index (κ2) is 6.08. The van der Waals surface area contributed by atoms with Gasteiger partial charge in [0, 0.05) is 11.1 Å². The molecule has 0 aromatic heterocycles. The molecule has 1 aromatic carbocycles. The van der Waals surface area contributed by atoms with Crippen molar-refractivity contribution in [2.45, 2.75) is 57.4 Å². The van der Waals surface area contributed by atoms with Crippen LogP contribution in [0.3, 0.4) is 0 Å². The van der Waals surface area contributed by atoms with Gasteiger partial charge in [0.2, 0.25) is 5.78 Å². The topological polar surface area (TPSA) is 63.2 Å². The third-order valence-corrected chi connectivity index (χ3v) is 6.36. The van der Waals surface area contributed by atoms with Crippen molar-refractivity contribution in [2.75, 3.05) is 0 Å². The minimum absolute atomic E-state index is 0.186. The van der Waals surface area contributed by atoms with Gasteiger partial charge < -0.3 is 5.32 Å². The Hall–Kier alpha value is -1.97. The lowest BCUT2D eigenvalue weighted by atomic mass is 9.53. The molecule has 0 atom stereocenters. The van der Waals surface area contributed by atoms with Gasteiger partial charge in [0.15, 0.2) is 5.78 Å². The van der Waals surface area contributed by atoms with Gasteiger partial charge in [-0.25, -0.2) is 0 Å². The molecule has 4 saturated carbocycles. The average molecular weight is 339 g/mol. The summed E-state index contributed by atoms with van der Waals surface area (Å²) in [6.45, 7) is 1.94. The maximum atomic E-state index is 12.4. The molecular weight excluding hydrogens is 314 g/mol. The molecule has 4 heteroatoms. The normalized spacial score (nSPS) is 32.4. The highest BCUT2D eigenvalue weighted by Gasteiger charge is 2.51. The van der Waals surface area contributed by atoms with Gasteiger partial charge >= 0.3 is 0 Å². The predicted molar refractivity (Wildman–Crippen MR) is 94.2 cm³/mol. The molecule has 0 saturated heterocycles. The van der Waals surface area contributed by atoms with E-state index in [1.165, 1.54) is 19.3 Å². The molecule has 4 bridgehead atoms. The van der Waals surface area contributed by atoms with Crippen molar-refractivity contribution in [1.82, 2.24) is 5.32 Å². The Labute approximate surface area is 148 Å². The van der Waals surface area contributed by atoms with Crippen LogP contribution in [-0.2, 0) is 9.59 Å². The van der Waals surface area contributed by atoms with Crippen molar-refractivity contribution in [3.63, 3.8) is 0 Å². The van der Waals surface area contributed by atoms with E-state index >= 15 is 0 Å². The van der Waals surface area contributed by atoms with Crippen molar-refractivity contribution in [3.8, 4) is 0 Å². The molecule has 4 aliphatic rings. The van der Waals surface area contributed by atoms with Gasteiger partial charge in [-0.2, -0.15) is 0 Å². The standard InChI is InChI=1S/C21H25NO3/c1-13-2-4-17(5-3-13)18(23)9-19(24)20(25)22-21-10-14-6-15(11-21)8-16(7-14)12-21/h2-5,14-16H,6-12H2,1H3,(H,22,25). The molecule has 0 aliphatic heterocycles. The van der Waals surface area contributed by atoms with Crippen LogP contribution in [0, 0.1) is 24.7 Å². The van der Waals surface area contributed by atoms with Crippen molar-refractivity contribution in [3.05, 3.63) is 35.4 Å². The van der Waals surface area contributed by atoms with Crippen LogP contribution < -0.4 is 5.32 Å². The smallest absolute Gasteiger partial charge is 0.288 e. The SMILES string of the molecule is Cc1ccc(C(=O)CC(=O)C(=O)NC23CC4CC(CC(C4)C2)C3)cc1. The summed E-state index contributed by atoms with van der Waals surface area (Å²) in [6, 6.07) is 7.10. The van der Waals surface area contributed by atoms with Crippen LogP contribution >= 0.6 is 0 Å². The lowest BCUT2D eigenvalue weighted by molar-refractivity contribution is -0.141. The third kappa shape index (κ3) is 3.26. The molecule has 1 aromatic rings. The summed E-state index contributed by atoms with van der Waals surface area (Å²) in [7, 11) is 0. The number of carbonyl (C=O) groups is 3. The third-order valence-electron chi connectivity index (χ3n) is 6.36. The Balaban J connectivity index is 1.39. The summed E-state index contributed by atoms with van der Waals surface area (Å²) in [5, 5.41) is 3.05. The highest BCUT2D eigenvalue weighted by molar-refractivity contribution is 6.40. The summed E-state index contributed by atoms with van der Waals surface area (Å²) in [5.41, 5.74) is 1.36. The Kier molecular flexibility index (Phi) is 4.01. The van der Waals surface area contributed by atoms with Crippen LogP contribution in [0.4, 0.5) is 0 Å². The number of rotatable bonds is 5. The fraction of sp³-hybridized carbons (Fsp3) is 0.571. The van der Waals surface area contributed by atoms with Gasteiger partial charge in [0.25, 0.3) is 5.91 Å². The first-order valence-electron chi connectivity index (χ1n) is 9.38. The number of ketones is 2. The summed E-state index contributed by atoms with van der Waals surface area (Å²) in [6.07, 6.45) is 6.53. The summed E-state index contributed by atoms with van der Waals surface area (Å²) in [5.74, 6) is 0.650. The fourth-order valence-corrected chi connectivity index (χ4v) is 5.64. The molecular formula is C21H25NO3. The molecule has 4 nitrogen and oxygen atoms in total. The predicted octanol–water partition coefficient (Wildman–Crippen LogP) is 3.22. The van der Waals surface area contributed by atoms with E-state index in [2.05, 4.69) is 5.32 Å². The van der Waals surface area contributed by atoms with Gasteiger partial charge in [-0.3, -0.25) is 14.4 Å². The minimum atomic E-state index is -0.610. The van der Waals surface area contributed by atoms with Gasteiger partial charge in [-0.15, -0.1) is 0 Å². The van der Waals surface area contributed by atoms with E-state index in [1.807, 2.05) is 19.1 Å². The molecule has 4 fully saturated rings. The zero-order chi connectivity index (χ0) is 17.6. The number of hydrogen-bond donors (Lipinski definition) is 1. The summed E-state index contributed by atoms with van der Waals surface area (Å²) >= 11 is 0. The second-order valence-electron chi connectivity index (χ2n) is 8.54. The summed E-state index contributed by atoms with van der Waals surface area (Å²) < 4.78 is 0. The van der Waals surface area contributed by atoms with E-state index in [1.54, 1.807) is 12.1 Å². The molecule has 1 N–H and O–H groups in total. The van der Waals surface area contributed by atoms with E-state index in [0.29, 0.717) is 23.3 Å². The monoisotopic (exact) mass is 339 g/mol. The molecule has 25 heavy (non-hydrogen) atoms. The first-order valence-corrected chi connectivity index (χ1v) is 9.38. The van der Waals surface area contributed by atoms with Crippen LogP contribution in [0.2, 0.25) is 0 Å². The fourth-order valence-electron chi connectivity index (χ4n) is 5.64. The van der Waals surface area contributed by atoms with Crippen LogP contribution in [0.15, 0.2) is 24.3 Å². The Morgan fingerprint density at radius 3 is 2.00 bits per heavy atom. The molecule has 0 spiro atoms. The maximum absolute atomic E-state index is 12.4. The molecule has 132 valence electrons. The number of amides is 1. The zero-order valence-corrected chi connectivity index (χ0v) is 14.7. The molecule has 1 amide bonds. The van der Waals surface area contributed by atoms with Crippen molar-refractivity contribution in [2.24, 2.45) is 17.8 Å². The van der Waals surface area contributed by atoms with Gasteiger partial charge in [0.1, 0.15) is 0 Å². The van der Waals surface area contributed by atoms with Crippen LogP contribution in [-0.4, -0.2) is 23.0 Å². The maximum Gasteiger partial charge on any atom is 0.288 e. The lowest BCUT2D eigenvalue weighted by Crippen LogP contribution is -2.60. The Bertz CT molecular complexity index is 684. The van der Waals surface area contributed by atoms with Crippen LogP contribution in [0.5, 0.6) is 0 Å².